The lowest BCUT2D eigenvalue weighted by Gasteiger charge is -2.31. The summed E-state index contributed by atoms with van der Waals surface area (Å²) in [6.45, 7) is 1.13. The van der Waals surface area contributed by atoms with Gasteiger partial charge in [0.05, 0.1) is 0 Å². The summed E-state index contributed by atoms with van der Waals surface area (Å²) in [5.41, 5.74) is 0.849. The Bertz CT molecular complexity index is 347. The number of likely N-dealkylation sites (tertiary alicyclic amines) is 1. The second-order valence-corrected chi connectivity index (χ2v) is 4.62. The predicted molar refractivity (Wildman–Crippen MR) is 65.7 cm³/mol. The normalized spacial score (nSPS) is 21.9. The highest BCUT2D eigenvalue weighted by Crippen LogP contribution is 2.19. The van der Waals surface area contributed by atoms with Crippen molar-refractivity contribution in [2.24, 2.45) is 0 Å². The first-order valence-corrected chi connectivity index (χ1v) is 6.06. The molecule has 0 spiro atoms. The largest absolute Gasteiger partial charge is 0.303 e. The molecule has 0 aliphatic carbocycles. The summed E-state index contributed by atoms with van der Waals surface area (Å²) < 4.78 is 0. The van der Waals surface area contributed by atoms with Gasteiger partial charge in [-0.25, -0.2) is 0 Å². The van der Waals surface area contributed by atoms with E-state index in [1.54, 1.807) is 0 Å². The summed E-state index contributed by atoms with van der Waals surface area (Å²) in [4.78, 5) is 14.4. The average Bonchev–Trinajstić information content (AvgIpc) is 2.33. The number of benzene rings is 1. The smallest absolute Gasteiger partial charge is 0.164 e. The van der Waals surface area contributed by atoms with E-state index < -0.39 is 0 Å². The number of hydrogen-bond donors (Lipinski definition) is 0. The second kappa shape index (κ2) is 5.26. The van der Waals surface area contributed by atoms with E-state index in [2.05, 4.69) is 11.9 Å². The van der Waals surface area contributed by atoms with Crippen molar-refractivity contribution in [3.05, 3.63) is 35.9 Å². The van der Waals surface area contributed by atoms with Crippen molar-refractivity contribution >= 4 is 5.78 Å². The molecule has 0 radical (unpaired) electrons. The molecule has 2 nitrogen and oxygen atoms in total. The number of carbonyl (C=O) groups is 1. The van der Waals surface area contributed by atoms with E-state index in [4.69, 9.17) is 0 Å². The van der Waals surface area contributed by atoms with Crippen LogP contribution < -0.4 is 0 Å². The molecule has 0 unspecified atom stereocenters. The average molecular weight is 217 g/mol. The quantitative estimate of drug-likeness (QED) is 0.726. The molecule has 0 saturated carbocycles. The van der Waals surface area contributed by atoms with Crippen molar-refractivity contribution in [2.45, 2.75) is 31.7 Å². The highest BCUT2D eigenvalue weighted by molar-refractivity contribution is 5.96. The molecular weight excluding hydrogens is 198 g/mol. The molecule has 1 aromatic carbocycles. The molecule has 0 bridgehead atoms. The summed E-state index contributed by atoms with van der Waals surface area (Å²) in [5, 5.41) is 0. The van der Waals surface area contributed by atoms with Crippen molar-refractivity contribution in [1.29, 1.82) is 0 Å². The Morgan fingerprint density at radius 3 is 2.75 bits per heavy atom. The Labute approximate surface area is 97.3 Å². The monoisotopic (exact) mass is 217 g/mol. The number of carbonyl (C=O) groups excluding carboxylic acids is 1. The highest BCUT2D eigenvalue weighted by Gasteiger charge is 2.21. The minimum absolute atomic E-state index is 0.277. The zero-order valence-electron chi connectivity index (χ0n) is 9.86. The van der Waals surface area contributed by atoms with Gasteiger partial charge >= 0.3 is 0 Å². The molecule has 0 aromatic heterocycles. The number of piperidine rings is 1. The van der Waals surface area contributed by atoms with E-state index in [1.165, 1.54) is 12.8 Å². The third-order valence-corrected chi connectivity index (χ3v) is 3.44. The van der Waals surface area contributed by atoms with Gasteiger partial charge in [0.25, 0.3) is 0 Å². The van der Waals surface area contributed by atoms with Crippen LogP contribution in [0.4, 0.5) is 0 Å². The molecule has 2 rings (SSSR count). The van der Waals surface area contributed by atoms with Gasteiger partial charge in [-0.05, 0) is 26.4 Å². The Balaban J connectivity index is 1.96. The Kier molecular flexibility index (Phi) is 3.73. The van der Waals surface area contributed by atoms with E-state index in [-0.39, 0.29) is 5.78 Å². The Morgan fingerprint density at radius 1 is 1.31 bits per heavy atom. The first-order valence-electron chi connectivity index (χ1n) is 6.06. The zero-order valence-corrected chi connectivity index (χ0v) is 9.86. The molecule has 1 heterocycles. The van der Waals surface area contributed by atoms with Crippen LogP contribution in [0.15, 0.2) is 30.3 Å². The molecule has 16 heavy (non-hydrogen) atoms. The molecule has 0 N–H and O–H groups in total. The molecule has 1 aliphatic heterocycles. The van der Waals surface area contributed by atoms with Crippen LogP contribution in [-0.4, -0.2) is 30.3 Å². The maximum absolute atomic E-state index is 12.0. The van der Waals surface area contributed by atoms with E-state index in [1.807, 2.05) is 30.3 Å². The number of rotatable bonds is 3. The van der Waals surface area contributed by atoms with Crippen LogP contribution in [0.3, 0.4) is 0 Å². The van der Waals surface area contributed by atoms with Crippen LogP contribution in [0.2, 0.25) is 0 Å². The Morgan fingerprint density at radius 2 is 2.06 bits per heavy atom. The van der Waals surface area contributed by atoms with Crippen LogP contribution in [0, 0.1) is 0 Å². The minimum Gasteiger partial charge on any atom is -0.303 e. The third-order valence-electron chi connectivity index (χ3n) is 3.44. The fourth-order valence-corrected chi connectivity index (χ4v) is 2.36. The van der Waals surface area contributed by atoms with E-state index in [0.29, 0.717) is 12.5 Å². The predicted octanol–water partition coefficient (Wildman–Crippen LogP) is 2.74. The molecule has 1 saturated heterocycles. The molecular formula is C14H19NO. The van der Waals surface area contributed by atoms with E-state index in [0.717, 1.165) is 18.5 Å². The second-order valence-electron chi connectivity index (χ2n) is 4.62. The molecule has 1 aliphatic rings. The van der Waals surface area contributed by atoms with Gasteiger partial charge in [0.15, 0.2) is 5.78 Å². The van der Waals surface area contributed by atoms with Crippen LogP contribution in [-0.2, 0) is 0 Å². The van der Waals surface area contributed by atoms with Crippen LogP contribution in [0.5, 0.6) is 0 Å². The molecule has 1 atom stereocenters. The maximum Gasteiger partial charge on any atom is 0.164 e. The highest BCUT2D eigenvalue weighted by atomic mass is 16.1. The first kappa shape index (κ1) is 11.3. The summed E-state index contributed by atoms with van der Waals surface area (Å²) in [5.74, 6) is 0.277. The van der Waals surface area contributed by atoms with E-state index >= 15 is 0 Å². The van der Waals surface area contributed by atoms with Crippen molar-refractivity contribution in [3.8, 4) is 0 Å². The summed E-state index contributed by atoms with van der Waals surface area (Å²) >= 11 is 0. The molecule has 1 aromatic rings. The number of hydrogen-bond acceptors (Lipinski definition) is 2. The van der Waals surface area contributed by atoms with Crippen molar-refractivity contribution < 1.29 is 4.79 Å². The van der Waals surface area contributed by atoms with Gasteiger partial charge in [-0.3, -0.25) is 4.79 Å². The standard InChI is InChI=1S/C14H19NO/c1-15-10-6-5-9-13(15)11-14(16)12-7-3-2-4-8-12/h2-4,7-8,13H,5-6,9-11H2,1H3/t13-/m1/s1. The lowest BCUT2D eigenvalue weighted by atomic mass is 9.96. The number of Topliss-reactive ketones (excluding diaryl/α,β-unsaturated/α-hetero) is 1. The van der Waals surface area contributed by atoms with Crippen LogP contribution in [0.1, 0.15) is 36.0 Å². The minimum atomic E-state index is 0.277. The molecule has 0 amide bonds. The number of nitrogens with zero attached hydrogens (tertiary/aromatic N) is 1. The summed E-state index contributed by atoms with van der Waals surface area (Å²) in [7, 11) is 2.13. The van der Waals surface area contributed by atoms with Gasteiger partial charge in [-0.15, -0.1) is 0 Å². The van der Waals surface area contributed by atoms with Gasteiger partial charge in [0.1, 0.15) is 0 Å². The molecule has 2 heteroatoms. The lowest BCUT2D eigenvalue weighted by Crippen LogP contribution is -2.37. The van der Waals surface area contributed by atoms with Gasteiger partial charge in [-0.2, -0.15) is 0 Å². The topological polar surface area (TPSA) is 20.3 Å². The Hall–Kier alpha value is -1.15. The van der Waals surface area contributed by atoms with Crippen molar-refractivity contribution in [1.82, 2.24) is 4.90 Å². The maximum atomic E-state index is 12.0. The van der Waals surface area contributed by atoms with E-state index in [9.17, 15) is 4.79 Å². The zero-order chi connectivity index (χ0) is 11.4. The fraction of sp³-hybridized carbons (Fsp3) is 0.500. The third kappa shape index (κ3) is 2.70. The van der Waals surface area contributed by atoms with Crippen molar-refractivity contribution in [3.63, 3.8) is 0 Å². The SMILES string of the molecule is CN1CCCC[C@@H]1CC(=O)c1ccccc1. The lowest BCUT2D eigenvalue weighted by molar-refractivity contribution is 0.0906. The van der Waals surface area contributed by atoms with Crippen LogP contribution in [0.25, 0.3) is 0 Å². The van der Waals surface area contributed by atoms with Gasteiger partial charge in [0, 0.05) is 18.0 Å². The number of ketones is 1. The van der Waals surface area contributed by atoms with Gasteiger partial charge in [-0.1, -0.05) is 36.8 Å². The van der Waals surface area contributed by atoms with Crippen molar-refractivity contribution in [2.75, 3.05) is 13.6 Å². The van der Waals surface area contributed by atoms with Crippen LogP contribution >= 0.6 is 0 Å². The molecule has 86 valence electrons. The summed E-state index contributed by atoms with van der Waals surface area (Å²) in [6.07, 6.45) is 4.36. The fourth-order valence-electron chi connectivity index (χ4n) is 2.36. The summed E-state index contributed by atoms with van der Waals surface area (Å²) in [6, 6.07) is 10.1. The van der Waals surface area contributed by atoms with Gasteiger partial charge < -0.3 is 4.90 Å². The van der Waals surface area contributed by atoms with Gasteiger partial charge in [0.2, 0.25) is 0 Å². The first-order chi connectivity index (χ1) is 7.77. The molecule has 1 fully saturated rings.